The molecule has 4 amide bonds. The number of ketones is 1. The van der Waals surface area contributed by atoms with Crippen molar-refractivity contribution < 1.29 is 29.1 Å². The fourth-order valence-corrected chi connectivity index (χ4v) is 9.56. The average Bonchev–Trinajstić information content (AvgIpc) is 3.51. The molecule has 0 radical (unpaired) electrons. The highest BCUT2D eigenvalue weighted by Gasteiger charge is 2.70. The van der Waals surface area contributed by atoms with Crippen molar-refractivity contribution in [3.8, 4) is 5.75 Å². The number of anilines is 2. The lowest BCUT2D eigenvalue weighted by atomic mass is 9.49. The summed E-state index contributed by atoms with van der Waals surface area (Å²) in [6.07, 6.45) is 2.47. The molecule has 51 heavy (non-hydrogen) atoms. The van der Waals surface area contributed by atoms with Crippen molar-refractivity contribution in [2.45, 2.75) is 44.9 Å². The van der Waals surface area contributed by atoms with Crippen LogP contribution < -0.4 is 9.80 Å². The number of benzene rings is 4. The normalized spacial score (nSPS) is 26.9. The van der Waals surface area contributed by atoms with Crippen molar-refractivity contribution in [1.29, 1.82) is 0 Å². The minimum Gasteiger partial charge on any atom is -0.507 e. The van der Waals surface area contributed by atoms with E-state index in [0.717, 1.165) is 11.1 Å². The van der Waals surface area contributed by atoms with Crippen LogP contribution in [0.4, 0.5) is 11.4 Å². The maximum Gasteiger partial charge on any atom is 0.246 e. The largest absolute Gasteiger partial charge is 0.507 e. The molecule has 1 saturated carbocycles. The molecule has 0 spiro atoms. The number of imide groups is 2. The lowest BCUT2D eigenvalue weighted by molar-refractivity contribution is -0.127. The van der Waals surface area contributed by atoms with Crippen molar-refractivity contribution in [1.82, 2.24) is 0 Å². The summed E-state index contributed by atoms with van der Waals surface area (Å²) >= 11 is 6.40. The number of Topliss-reactive ketones (excluding diaryl/α,β-unsaturated/α-hetero) is 1. The van der Waals surface area contributed by atoms with E-state index in [1.807, 2.05) is 48.5 Å². The van der Waals surface area contributed by atoms with Gasteiger partial charge in [-0.3, -0.25) is 28.9 Å². The number of phenolic OH excluding ortho intramolecular Hbond substituents is 1. The number of phenols is 1. The van der Waals surface area contributed by atoms with Crippen LogP contribution in [0.2, 0.25) is 5.02 Å². The molecule has 4 aromatic carbocycles. The van der Waals surface area contributed by atoms with E-state index in [1.54, 1.807) is 62.4 Å². The third-order valence-electron chi connectivity index (χ3n) is 11.5. The molecule has 9 heteroatoms. The van der Waals surface area contributed by atoms with Gasteiger partial charge in [-0.25, -0.2) is 4.90 Å². The Kier molecular flexibility index (Phi) is 7.65. The van der Waals surface area contributed by atoms with Gasteiger partial charge in [-0.05, 0) is 104 Å². The summed E-state index contributed by atoms with van der Waals surface area (Å²) in [6.45, 7) is 5.06. The Labute approximate surface area is 300 Å². The van der Waals surface area contributed by atoms with Crippen LogP contribution in [0.1, 0.15) is 58.3 Å². The Morgan fingerprint density at radius 2 is 1.47 bits per heavy atom. The van der Waals surface area contributed by atoms with E-state index >= 15 is 4.79 Å². The highest BCUT2D eigenvalue weighted by molar-refractivity contribution is 6.32. The fraction of sp³-hybridized carbons (Fsp3) is 0.262. The number of carbonyl (C=O) groups is 5. The summed E-state index contributed by atoms with van der Waals surface area (Å²) in [4.78, 5) is 73.3. The number of fused-ring (bicyclic) bond motifs is 4. The van der Waals surface area contributed by atoms with Gasteiger partial charge in [0.05, 0.1) is 34.5 Å². The second-order valence-electron chi connectivity index (χ2n) is 14.2. The summed E-state index contributed by atoms with van der Waals surface area (Å²) in [6, 6.07) is 26.2. The zero-order valence-corrected chi connectivity index (χ0v) is 29.1. The molecule has 4 aliphatic rings. The predicted octanol–water partition coefficient (Wildman–Crippen LogP) is 7.23. The van der Waals surface area contributed by atoms with Gasteiger partial charge in [0.15, 0.2) is 5.78 Å². The van der Waals surface area contributed by atoms with Crippen LogP contribution in [-0.4, -0.2) is 34.5 Å². The number of hydrogen-bond acceptors (Lipinski definition) is 6. The Bertz CT molecular complexity index is 2190. The molecule has 3 fully saturated rings. The third-order valence-corrected chi connectivity index (χ3v) is 11.8. The van der Waals surface area contributed by atoms with Crippen LogP contribution in [0.3, 0.4) is 0 Å². The SMILES string of the molecule is CC(=O)c1ccc(N2C(=O)C3CC=C4C(CC5C(=O)N(c6cccc(Cl)c6)C(=O)C5(c5ccccc5)C4c4cc(C)c(O)c(C)c4)C3C2=O)cc1. The molecular weight excluding hydrogens is 664 g/mol. The van der Waals surface area contributed by atoms with Crippen molar-refractivity contribution in [3.05, 3.63) is 135 Å². The molecule has 6 atom stereocenters. The second-order valence-corrected chi connectivity index (χ2v) is 14.6. The van der Waals surface area contributed by atoms with Crippen LogP contribution in [-0.2, 0) is 24.6 Å². The number of hydrogen-bond donors (Lipinski definition) is 1. The van der Waals surface area contributed by atoms with Crippen molar-refractivity contribution >= 4 is 52.4 Å². The molecule has 0 aromatic heterocycles. The van der Waals surface area contributed by atoms with E-state index in [2.05, 4.69) is 0 Å². The van der Waals surface area contributed by atoms with Gasteiger partial charge < -0.3 is 5.11 Å². The van der Waals surface area contributed by atoms with Gasteiger partial charge >= 0.3 is 0 Å². The smallest absolute Gasteiger partial charge is 0.246 e. The Hall–Kier alpha value is -5.34. The summed E-state index contributed by atoms with van der Waals surface area (Å²) in [5, 5.41) is 11.2. The number of amides is 4. The molecule has 2 aliphatic heterocycles. The number of carbonyl (C=O) groups excluding carboxylic acids is 5. The summed E-state index contributed by atoms with van der Waals surface area (Å²) in [5.74, 6) is -4.96. The Balaban J connectivity index is 1.34. The summed E-state index contributed by atoms with van der Waals surface area (Å²) in [7, 11) is 0. The van der Waals surface area contributed by atoms with Crippen molar-refractivity contribution in [2.75, 3.05) is 9.80 Å². The topological polar surface area (TPSA) is 112 Å². The lowest BCUT2D eigenvalue weighted by Crippen LogP contribution is -2.53. The third kappa shape index (κ3) is 4.69. The van der Waals surface area contributed by atoms with Gasteiger partial charge in [-0.1, -0.05) is 71.8 Å². The monoisotopic (exact) mass is 698 g/mol. The molecule has 4 aromatic rings. The van der Waals surface area contributed by atoms with Crippen LogP contribution in [0.25, 0.3) is 0 Å². The highest BCUT2D eigenvalue weighted by Crippen LogP contribution is 2.64. The number of aromatic hydroxyl groups is 1. The zero-order valence-electron chi connectivity index (χ0n) is 28.3. The first-order valence-electron chi connectivity index (χ1n) is 17.1. The molecule has 256 valence electrons. The average molecular weight is 699 g/mol. The first-order chi connectivity index (χ1) is 24.4. The molecular formula is C42H35ClN2O6. The van der Waals surface area contributed by atoms with Crippen molar-refractivity contribution in [2.24, 2.45) is 23.7 Å². The van der Waals surface area contributed by atoms with E-state index in [9.17, 15) is 24.3 Å². The Morgan fingerprint density at radius 1 is 0.784 bits per heavy atom. The minimum absolute atomic E-state index is 0.124. The van der Waals surface area contributed by atoms with E-state index in [4.69, 9.17) is 11.6 Å². The standard InChI is InChI=1S/C42H35ClN2O6/c1-22-18-26(19-23(2)37(22)47)36-31-16-17-32-35(40(50)44(38(32)48)29-14-12-25(13-15-29)24(3)46)33(31)21-34-39(49)45(30-11-7-10-28(43)20-30)41(51)42(34,36)27-8-5-4-6-9-27/h4-16,18-20,32-36,47H,17,21H2,1-3H3. The predicted molar refractivity (Wildman–Crippen MR) is 193 cm³/mol. The zero-order chi connectivity index (χ0) is 35.9. The molecule has 8 nitrogen and oxygen atoms in total. The number of aryl methyl sites for hydroxylation is 2. The summed E-state index contributed by atoms with van der Waals surface area (Å²) in [5.41, 5.74) is 3.32. The summed E-state index contributed by atoms with van der Waals surface area (Å²) < 4.78 is 0. The molecule has 2 saturated heterocycles. The molecule has 2 aliphatic carbocycles. The van der Waals surface area contributed by atoms with Crippen LogP contribution in [0.5, 0.6) is 5.75 Å². The number of nitrogens with zero attached hydrogens (tertiary/aromatic N) is 2. The minimum atomic E-state index is -1.40. The molecule has 6 unspecified atom stereocenters. The Morgan fingerprint density at radius 3 is 2.12 bits per heavy atom. The molecule has 1 N–H and O–H groups in total. The van der Waals surface area contributed by atoms with E-state index < -0.39 is 40.9 Å². The van der Waals surface area contributed by atoms with E-state index in [0.29, 0.717) is 38.7 Å². The van der Waals surface area contributed by atoms with Crippen LogP contribution >= 0.6 is 11.6 Å². The maximum absolute atomic E-state index is 15.4. The highest BCUT2D eigenvalue weighted by atomic mass is 35.5. The van der Waals surface area contributed by atoms with Gasteiger partial charge in [0.25, 0.3) is 0 Å². The van der Waals surface area contributed by atoms with Gasteiger partial charge in [-0.2, -0.15) is 0 Å². The molecule has 2 heterocycles. The van der Waals surface area contributed by atoms with Gasteiger partial charge in [0.2, 0.25) is 23.6 Å². The van der Waals surface area contributed by atoms with Gasteiger partial charge in [0, 0.05) is 16.5 Å². The van der Waals surface area contributed by atoms with E-state index in [1.165, 1.54) is 16.7 Å². The molecule has 0 bridgehead atoms. The maximum atomic E-state index is 15.4. The number of halogens is 1. The number of rotatable bonds is 5. The number of allylic oxidation sites excluding steroid dienone is 2. The first kappa shape index (κ1) is 32.8. The molecule has 8 rings (SSSR count). The van der Waals surface area contributed by atoms with Crippen LogP contribution in [0, 0.1) is 37.5 Å². The van der Waals surface area contributed by atoms with E-state index in [-0.39, 0.29) is 42.1 Å². The van der Waals surface area contributed by atoms with Crippen molar-refractivity contribution in [3.63, 3.8) is 0 Å². The lowest BCUT2D eigenvalue weighted by Gasteiger charge is -2.51. The van der Waals surface area contributed by atoms with Crippen LogP contribution in [0.15, 0.2) is 103 Å². The van der Waals surface area contributed by atoms with Gasteiger partial charge in [-0.15, -0.1) is 0 Å². The first-order valence-corrected chi connectivity index (χ1v) is 17.5. The fourth-order valence-electron chi connectivity index (χ4n) is 9.37. The quantitative estimate of drug-likeness (QED) is 0.134. The second kappa shape index (κ2) is 11.9. The van der Waals surface area contributed by atoms with Gasteiger partial charge in [0.1, 0.15) is 5.75 Å².